The van der Waals surface area contributed by atoms with Gasteiger partial charge in [-0.2, -0.15) is 5.10 Å². The molecule has 1 aliphatic rings. The van der Waals surface area contributed by atoms with E-state index in [0.29, 0.717) is 6.54 Å². The van der Waals surface area contributed by atoms with Crippen LogP contribution in [0.4, 0.5) is 5.69 Å². The van der Waals surface area contributed by atoms with Crippen molar-refractivity contribution in [3.63, 3.8) is 0 Å². The lowest BCUT2D eigenvalue weighted by molar-refractivity contribution is 0.0934. The molecule has 3 rings (SSSR count). The molecule has 1 amide bonds. The fraction of sp³-hybridized carbons (Fsp3) is 0.471. The first kappa shape index (κ1) is 16.7. The number of hydrogen-bond donors (Lipinski definition) is 1. The van der Waals surface area contributed by atoms with Crippen LogP contribution < -0.4 is 15.8 Å². The molecule has 0 bridgehead atoms. The third-order valence-corrected chi connectivity index (χ3v) is 5.43. The number of anilines is 1. The summed E-state index contributed by atoms with van der Waals surface area (Å²) in [4.78, 5) is 27.2. The van der Waals surface area contributed by atoms with Crippen LogP contribution in [0.3, 0.4) is 0 Å². The van der Waals surface area contributed by atoms with Gasteiger partial charge < -0.3 is 10.2 Å². The molecule has 3 heterocycles. The van der Waals surface area contributed by atoms with Crippen LogP contribution in [0.25, 0.3) is 0 Å². The Balaban J connectivity index is 1.58. The van der Waals surface area contributed by atoms with Crippen LogP contribution in [0.5, 0.6) is 0 Å². The second-order valence-electron chi connectivity index (χ2n) is 6.04. The molecule has 0 aliphatic carbocycles. The van der Waals surface area contributed by atoms with Gasteiger partial charge >= 0.3 is 0 Å². The lowest BCUT2D eigenvalue weighted by Crippen LogP contribution is -2.45. The van der Waals surface area contributed by atoms with Crippen LogP contribution in [0.15, 0.2) is 28.5 Å². The number of amides is 1. The zero-order valence-corrected chi connectivity index (χ0v) is 14.8. The van der Waals surface area contributed by atoms with Crippen LogP contribution in [0, 0.1) is 6.92 Å². The van der Waals surface area contributed by atoms with E-state index in [0.717, 1.165) is 42.1 Å². The minimum absolute atomic E-state index is 0.0214. The molecule has 6 nitrogen and oxygen atoms in total. The minimum atomic E-state index is -0.0707. The van der Waals surface area contributed by atoms with E-state index in [1.54, 1.807) is 12.3 Å². The van der Waals surface area contributed by atoms with Crippen LogP contribution in [-0.2, 0) is 6.54 Å². The van der Waals surface area contributed by atoms with Gasteiger partial charge in [0.25, 0.3) is 11.5 Å². The standard InChI is InChI=1S/C17H22N4O2S/c1-3-21-15(22)10-14(11-18-21)20-7-4-13(5-8-20)19-17(23)16-12(2)6-9-24-16/h6,9-11,13H,3-5,7-8H2,1-2H3,(H,19,23). The van der Waals surface area contributed by atoms with Crippen molar-refractivity contribution in [3.8, 4) is 0 Å². The van der Waals surface area contributed by atoms with E-state index in [1.807, 2.05) is 25.3 Å². The van der Waals surface area contributed by atoms with Gasteiger partial charge in [-0.15, -0.1) is 11.3 Å². The highest BCUT2D eigenvalue weighted by Crippen LogP contribution is 2.20. The van der Waals surface area contributed by atoms with Crippen molar-refractivity contribution in [2.75, 3.05) is 18.0 Å². The number of hydrogen-bond acceptors (Lipinski definition) is 5. The Morgan fingerprint density at radius 1 is 1.42 bits per heavy atom. The summed E-state index contributed by atoms with van der Waals surface area (Å²) < 4.78 is 1.44. The summed E-state index contributed by atoms with van der Waals surface area (Å²) in [6.45, 7) is 6.06. The number of rotatable bonds is 4. The maximum absolute atomic E-state index is 12.3. The molecule has 1 fully saturated rings. The zero-order valence-electron chi connectivity index (χ0n) is 14.0. The van der Waals surface area contributed by atoms with Crippen molar-refractivity contribution in [1.82, 2.24) is 15.1 Å². The van der Waals surface area contributed by atoms with Gasteiger partial charge in [-0.05, 0) is 43.7 Å². The Hall–Kier alpha value is -2.15. The highest BCUT2D eigenvalue weighted by atomic mass is 32.1. The fourth-order valence-electron chi connectivity index (χ4n) is 2.97. The number of carbonyl (C=O) groups is 1. The van der Waals surface area contributed by atoms with Crippen molar-refractivity contribution in [3.05, 3.63) is 44.5 Å². The number of piperidine rings is 1. The number of nitrogens with one attached hydrogen (secondary N) is 1. The van der Waals surface area contributed by atoms with E-state index in [4.69, 9.17) is 0 Å². The molecule has 0 unspecified atom stereocenters. The van der Waals surface area contributed by atoms with Gasteiger partial charge in [-0.3, -0.25) is 9.59 Å². The molecule has 0 spiro atoms. The van der Waals surface area contributed by atoms with E-state index in [2.05, 4.69) is 15.3 Å². The highest BCUT2D eigenvalue weighted by Gasteiger charge is 2.22. The highest BCUT2D eigenvalue weighted by molar-refractivity contribution is 7.12. The average molecular weight is 346 g/mol. The number of aromatic nitrogens is 2. The third-order valence-electron chi connectivity index (χ3n) is 4.42. The first-order valence-electron chi connectivity index (χ1n) is 8.25. The summed E-state index contributed by atoms with van der Waals surface area (Å²) >= 11 is 1.48. The normalized spacial score (nSPS) is 15.5. The van der Waals surface area contributed by atoms with Crippen LogP contribution in [-0.4, -0.2) is 34.8 Å². The molecule has 0 aromatic carbocycles. The molecule has 0 radical (unpaired) electrons. The lowest BCUT2D eigenvalue weighted by Gasteiger charge is -2.33. The van der Waals surface area contributed by atoms with Gasteiger partial charge in [0.15, 0.2) is 0 Å². The quantitative estimate of drug-likeness (QED) is 0.920. The second-order valence-corrected chi connectivity index (χ2v) is 6.95. The van der Waals surface area contributed by atoms with E-state index in [9.17, 15) is 9.59 Å². The molecule has 0 saturated carbocycles. The first-order valence-corrected chi connectivity index (χ1v) is 9.13. The summed E-state index contributed by atoms with van der Waals surface area (Å²) in [6.07, 6.45) is 3.48. The Kier molecular flexibility index (Phi) is 4.99. The average Bonchev–Trinajstić information content (AvgIpc) is 3.01. The summed E-state index contributed by atoms with van der Waals surface area (Å²) in [6, 6.07) is 3.79. The molecule has 1 N–H and O–H groups in total. The van der Waals surface area contributed by atoms with E-state index < -0.39 is 0 Å². The molecule has 1 saturated heterocycles. The van der Waals surface area contributed by atoms with Crippen molar-refractivity contribution in [2.24, 2.45) is 0 Å². The molecule has 7 heteroatoms. The van der Waals surface area contributed by atoms with E-state index in [1.165, 1.54) is 16.0 Å². The first-order chi connectivity index (χ1) is 11.6. The van der Waals surface area contributed by atoms with Crippen LogP contribution >= 0.6 is 11.3 Å². The molecule has 128 valence electrons. The summed E-state index contributed by atoms with van der Waals surface area (Å²) in [5.41, 5.74) is 1.82. The monoisotopic (exact) mass is 346 g/mol. The van der Waals surface area contributed by atoms with Crippen LogP contribution in [0.1, 0.15) is 35.0 Å². The van der Waals surface area contributed by atoms with Gasteiger partial charge in [-0.1, -0.05) is 0 Å². The predicted molar refractivity (Wildman–Crippen MR) is 95.9 cm³/mol. The fourth-order valence-corrected chi connectivity index (χ4v) is 3.80. The Morgan fingerprint density at radius 3 is 2.75 bits per heavy atom. The largest absolute Gasteiger partial charge is 0.370 e. The Bertz CT molecular complexity index is 775. The SMILES string of the molecule is CCn1ncc(N2CCC(NC(=O)c3sccc3C)CC2)cc1=O. The van der Waals surface area contributed by atoms with Gasteiger partial charge in [0.05, 0.1) is 16.8 Å². The molecular weight excluding hydrogens is 324 g/mol. The summed E-state index contributed by atoms with van der Waals surface area (Å²) in [5, 5.41) is 9.25. The summed E-state index contributed by atoms with van der Waals surface area (Å²) in [5.74, 6) is 0.0214. The Labute approximate surface area is 145 Å². The van der Waals surface area contributed by atoms with Crippen LogP contribution in [0.2, 0.25) is 0 Å². The summed E-state index contributed by atoms with van der Waals surface area (Å²) in [7, 11) is 0. The maximum Gasteiger partial charge on any atom is 0.268 e. The zero-order chi connectivity index (χ0) is 17.1. The van der Waals surface area contributed by atoms with Gasteiger partial charge in [0, 0.05) is 31.7 Å². The number of aryl methyl sites for hydroxylation is 2. The second kappa shape index (κ2) is 7.17. The number of nitrogens with zero attached hydrogens (tertiary/aromatic N) is 3. The van der Waals surface area contributed by atoms with Crippen molar-refractivity contribution < 1.29 is 4.79 Å². The third kappa shape index (κ3) is 3.51. The molecule has 2 aromatic rings. The topological polar surface area (TPSA) is 67.2 Å². The lowest BCUT2D eigenvalue weighted by atomic mass is 10.0. The van der Waals surface area contributed by atoms with Gasteiger partial charge in [-0.25, -0.2) is 4.68 Å². The molecule has 2 aromatic heterocycles. The smallest absolute Gasteiger partial charge is 0.268 e. The van der Waals surface area contributed by atoms with E-state index >= 15 is 0 Å². The maximum atomic E-state index is 12.3. The predicted octanol–water partition coefficient (Wildman–Crippen LogP) is 2.03. The van der Waals surface area contributed by atoms with Crippen molar-refractivity contribution >= 4 is 22.9 Å². The van der Waals surface area contributed by atoms with Crippen molar-refractivity contribution in [2.45, 2.75) is 39.3 Å². The molecular formula is C17H22N4O2S. The van der Waals surface area contributed by atoms with Gasteiger partial charge in [0.1, 0.15) is 0 Å². The molecule has 0 atom stereocenters. The number of carbonyl (C=O) groups excluding carboxylic acids is 1. The van der Waals surface area contributed by atoms with Crippen molar-refractivity contribution in [1.29, 1.82) is 0 Å². The Morgan fingerprint density at radius 2 is 2.17 bits per heavy atom. The molecule has 24 heavy (non-hydrogen) atoms. The number of thiophene rings is 1. The minimum Gasteiger partial charge on any atom is -0.370 e. The molecule has 1 aliphatic heterocycles. The van der Waals surface area contributed by atoms with E-state index in [-0.39, 0.29) is 17.5 Å². The van der Waals surface area contributed by atoms with Gasteiger partial charge in [0.2, 0.25) is 0 Å².